The van der Waals surface area contributed by atoms with Gasteiger partial charge in [-0.3, -0.25) is 14.5 Å². The van der Waals surface area contributed by atoms with E-state index in [0.717, 1.165) is 17.4 Å². The highest BCUT2D eigenvalue weighted by molar-refractivity contribution is 6.03. The molecule has 0 aliphatic carbocycles. The van der Waals surface area contributed by atoms with Crippen LogP contribution in [0.3, 0.4) is 0 Å². The molecule has 0 fully saturated rings. The van der Waals surface area contributed by atoms with Crippen LogP contribution in [0.1, 0.15) is 28.8 Å². The molecule has 5 rings (SSSR count). The Hall–Kier alpha value is -4.54. The molecule has 2 amide bonds. The van der Waals surface area contributed by atoms with E-state index in [-0.39, 0.29) is 6.42 Å². The molecule has 0 radical (unpaired) electrons. The summed E-state index contributed by atoms with van der Waals surface area (Å²) < 4.78 is 40.2. The molecule has 1 atom stereocenters. The van der Waals surface area contributed by atoms with Crippen molar-refractivity contribution < 1.29 is 22.8 Å². The second-order valence-corrected chi connectivity index (χ2v) is 7.97. The normalized spacial score (nSPS) is 14.9. The van der Waals surface area contributed by atoms with Crippen LogP contribution in [-0.4, -0.2) is 44.1 Å². The Bertz CT molecular complexity index is 1330. The Morgan fingerprint density at radius 2 is 1.65 bits per heavy atom. The highest BCUT2D eigenvalue weighted by atomic mass is 19.4. The van der Waals surface area contributed by atoms with Gasteiger partial charge in [0.2, 0.25) is 5.82 Å². The number of rotatable bonds is 4. The minimum Gasteiger partial charge on any atom is -0.337 e. The molecule has 2 aromatic carbocycles. The summed E-state index contributed by atoms with van der Waals surface area (Å²) in [6.07, 6.45) is -2.11. The number of halogens is 3. The van der Waals surface area contributed by atoms with Gasteiger partial charge in [-0.1, -0.05) is 54.6 Å². The highest BCUT2D eigenvalue weighted by Gasteiger charge is 2.37. The molecule has 1 N–H and O–H groups in total. The third-order valence-corrected chi connectivity index (χ3v) is 5.50. The fraction of sp³-hybridized carbons (Fsp3) is 0.192. The molecule has 1 aliphatic rings. The van der Waals surface area contributed by atoms with E-state index in [4.69, 9.17) is 0 Å². The van der Waals surface area contributed by atoms with Gasteiger partial charge in [-0.15, -0.1) is 0 Å². The van der Waals surface area contributed by atoms with Crippen molar-refractivity contribution in [2.75, 3.05) is 11.4 Å². The van der Waals surface area contributed by atoms with Gasteiger partial charge in [0.1, 0.15) is 17.6 Å². The molecule has 3 heterocycles. The van der Waals surface area contributed by atoms with Gasteiger partial charge < -0.3 is 5.32 Å². The van der Waals surface area contributed by atoms with Gasteiger partial charge >= 0.3 is 6.18 Å². The molecule has 11 heteroatoms. The van der Waals surface area contributed by atoms with Gasteiger partial charge in [0, 0.05) is 24.7 Å². The fourth-order valence-corrected chi connectivity index (χ4v) is 3.82. The number of benzene rings is 2. The number of hydrogen-bond acceptors (Lipinski definition) is 5. The molecule has 190 valence electrons. The largest absolute Gasteiger partial charge is 0.433 e. The van der Waals surface area contributed by atoms with Crippen molar-refractivity contribution in [1.82, 2.24) is 25.1 Å². The lowest BCUT2D eigenvalue weighted by atomic mass is 10.0. The maximum Gasteiger partial charge on any atom is 0.433 e. The summed E-state index contributed by atoms with van der Waals surface area (Å²) in [5.74, 6) is -1.41. The quantitative estimate of drug-likeness (QED) is 0.449. The molecule has 37 heavy (non-hydrogen) atoms. The molecule has 0 saturated carbocycles. The van der Waals surface area contributed by atoms with Crippen molar-refractivity contribution in [3.05, 3.63) is 102 Å². The van der Waals surface area contributed by atoms with E-state index in [1.165, 1.54) is 4.90 Å². The number of carbonyl (C=O) groups excluding carboxylic acids is 2. The first-order chi connectivity index (χ1) is 17.8. The summed E-state index contributed by atoms with van der Waals surface area (Å²) in [6.45, 7) is 2.10. The molecular weight excluding hydrogens is 485 g/mol. The zero-order valence-electron chi connectivity index (χ0n) is 19.8. The van der Waals surface area contributed by atoms with Crippen molar-refractivity contribution in [2.45, 2.75) is 25.6 Å². The van der Waals surface area contributed by atoms with Crippen LogP contribution in [-0.2, 0) is 17.4 Å². The average Bonchev–Trinajstić information content (AvgIpc) is 3.34. The summed E-state index contributed by atoms with van der Waals surface area (Å²) in [5, 5.41) is 6.83. The summed E-state index contributed by atoms with van der Waals surface area (Å²) in [6, 6.07) is 21.0. The van der Waals surface area contributed by atoms with E-state index < -0.39 is 35.6 Å². The number of nitrogens with zero attached hydrogens (tertiary/aromatic N) is 5. The van der Waals surface area contributed by atoms with Crippen LogP contribution < -0.4 is 10.2 Å². The van der Waals surface area contributed by atoms with Crippen LogP contribution in [0, 0.1) is 0 Å². The van der Waals surface area contributed by atoms with E-state index in [1.807, 2.05) is 66.7 Å². The smallest absolute Gasteiger partial charge is 0.337 e. The molecular formula is C26H23F3N6O2. The maximum atomic E-state index is 13.0. The van der Waals surface area contributed by atoms with Crippen molar-refractivity contribution in [1.29, 1.82) is 0 Å². The molecule has 0 bridgehead atoms. The summed E-state index contributed by atoms with van der Waals surface area (Å²) in [4.78, 5) is 33.9. The van der Waals surface area contributed by atoms with Gasteiger partial charge in [-0.2, -0.15) is 18.3 Å². The van der Waals surface area contributed by atoms with Crippen LogP contribution in [0.25, 0.3) is 5.69 Å². The minimum absolute atomic E-state index is 0.141. The molecule has 1 unspecified atom stereocenters. The second-order valence-electron chi connectivity index (χ2n) is 7.97. The third kappa shape index (κ3) is 5.83. The van der Waals surface area contributed by atoms with E-state index in [9.17, 15) is 22.8 Å². The molecule has 8 nitrogen and oxygen atoms in total. The number of fused-ring (bicyclic) bond motifs is 1. The maximum absolute atomic E-state index is 13.0. The lowest BCUT2D eigenvalue weighted by Crippen LogP contribution is -2.53. The number of likely N-dealkylation sites (N-methyl/N-ethyl adjacent to an activating group) is 1. The van der Waals surface area contributed by atoms with Crippen molar-refractivity contribution in [3.8, 4) is 5.69 Å². The van der Waals surface area contributed by atoms with E-state index >= 15 is 0 Å². The zero-order chi connectivity index (χ0) is 26.4. The lowest BCUT2D eigenvalue weighted by molar-refractivity contribution is -0.141. The number of hydrogen-bond donors (Lipinski definition) is 1. The lowest BCUT2D eigenvalue weighted by Gasteiger charge is -2.32. The number of anilines is 1. The molecule has 1 aliphatic heterocycles. The second kappa shape index (κ2) is 11.0. The summed E-state index contributed by atoms with van der Waals surface area (Å²) >= 11 is 0. The van der Waals surface area contributed by atoms with Crippen LogP contribution in [0.5, 0.6) is 0 Å². The van der Waals surface area contributed by atoms with Gasteiger partial charge in [0.05, 0.1) is 11.9 Å². The summed E-state index contributed by atoms with van der Waals surface area (Å²) in [5.41, 5.74) is 0.264. The average molecular weight is 509 g/mol. The van der Waals surface area contributed by atoms with Crippen molar-refractivity contribution in [2.24, 2.45) is 0 Å². The zero-order valence-corrected chi connectivity index (χ0v) is 19.8. The number of para-hydroxylation sites is 1. The number of alkyl halides is 3. The van der Waals surface area contributed by atoms with Crippen LogP contribution >= 0.6 is 0 Å². The van der Waals surface area contributed by atoms with E-state index in [2.05, 4.69) is 20.4 Å². The Morgan fingerprint density at radius 3 is 2.24 bits per heavy atom. The first-order valence-electron chi connectivity index (χ1n) is 11.4. The monoisotopic (exact) mass is 508 g/mol. The molecule has 4 aromatic rings. The SMILES string of the molecule is CCN1C(=O)C(NC(=O)c2nccc(C(F)(F)F)n2)Cc2cnn(-c3ccccc3)c21.c1ccccc1. The predicted molar refractivity (Wildman–Crippen MR) is 130 cm³/mol. The summed E-state index contributed by atoms with van der Waals surface area (Å²) in [7, 11) is 0. The van der Waals surface area contributed by atoms with Crippen LogP contribution in [0.4, 0.5) is 19.0 Å². The first kappa shape index (κ1) is 25.5. The van der Waals surface area contributed by atoms with Gasteiger partial charge in [-0.25, -0.2) is 14.6 Å². The Morgan fingerprint density at radius 1 is 1.03 bits per heavy atom. The highest BCUT2D eigenvalue weighted by Crippen LogP contribution is 2.30. The first-order valence-corrected chi connectivity index (χ1v) is 11.4. The predicted octanol–water partition coefficient (Wildman–Crippen LogP) is 4.08. The minimum atomic E-state index is -4.71. The Kier molecular flexibility index (Phi) is 7.61. The van der Waals surface area contributed by atoms with Crippen LogP contribution in [0.2, 0.25) is 0 Å². The fourth-order valence-electron chi connectivity index (χ4n) is 3.82. The van der Waals surface area contributed by atoms with Crippen LogP contribution in [0.15, 0.2) is 85.2 Å². The van der Waals surface area contributed by atoms with E-state index in [0.29, 0.717) is 18.4 Å². The van der Waals surface area contributed by atoms with Crippen molar-refractivity contribution in [3.63, 3.8) is 0 Å². The van der Waals surface area contributed by atoms with Gasteiger partial charge in [0.25, 0.3) is 11.8 Å². The topological polar surface area (TPSA) is 93.0 Å². The Balaban J connectivity index is 0.000000469. The standard InChI is InChI=1S/C20H17F3N6O2.C6H6/c1-2-28-18-12(11-25-29(18)13-6-4-3-5-7-13)10-14(19(28)31)26-17(30)16-24-9-8-15(27-16)20(21,22)23;1-2-4-6-5-3-1/h3-9,11,14H,2,10H2,1H3,(H,26,30);1-6H. The van der Waals surface area contributed by atoms with Gasteiger partial charge in [0.15, 0.2) is 0 Å². The molecule has 0 saturated heterocycles. The van der Waals surface area contributed by atoms with Crippen molar-refractivity contribution >= 4 is 17.6 Å². The van der Waals surface area contributed by atoms with Gasteiger partial charge in [-0.05, 0) is 25.1 Å². The number of nitrogens with one attached hydrogen (secondary N) is 1. The third-order valence-electron chi connectivity index (χ3n) is 5.50. The number of amides is 2. The number of carbonyl (C=O) groups is 2. The molecule has 0 spiro atoms. The molecule has 2 aromatic heterocycles. The van der Waals surface area contributed by atoms with E-state index in [1.54, 1.807) is 17.8 Å². The number of aromatic nitrogens is 4. The Labute approximate surface area is 210 Å².